The Morgan fingerprint density at radius 3 is 2.50 bits per heavy atom. The Hall–Kier alpha value is -2.37. The van der Waals surface area contributed by atoms with Crippen molar-refractivity contribution >= 4 is 23.4 Å². The van der Waals surface area contributed by atoms with Crippen LogP contribution in [0, 0.1) is 0 Å². The molecule has 1 fully saturated rings. The number of piperazine rings is 1. The van der Waals surface area contributed by atoms with Crippen LogP contribution in [0.3, 0.4) is 0 Å². The van der Waals surface area contributed by atoms with Crippen LogP contribution < -0.4 is 5.32 Å². The maximum Gasteiger partial charge on any atom is 0.251 e. The predicted molar refractivity (Wildman–Crippen MR) is 111 cm³/mol. The van der Waals surface area contributed by atoms with E-state index in [0.29, 0.717) is 30.0 Å². The molecule has 2 aromatic rings. The zero-order valence-electron chi connectivity index (χ0n) is 16.1. The summed E-state index contributed by atoms with van der Waals surface area (Å²) in [4.78, 5) is 29.2. The van der Waals surface area contributed by atoms with Crippen molar-refractivity contribution in [3.63, 3.8) is 0 Å². The van der Waals surface area contributed by atoms with E-state index in [9.17, 15) is 9.59 Å². The summed E-state index contributed by atoms with van der Waals surface area (Å²) in [7, 11) is 2.09. The fraction of sp³-hybridized carbons (Fsp3) is 0.364. The summed E-state index contributed by atoms with van der Waals surface area (Å²) < 4.78 is 0. The highest BCUT2D eigenvalue weighted by atomic mass is 35.5. The molecular weight excluding hydrogens is 374 g/mol. The Morgan fingerprint density at radius 1 is 1.07 bits per heavy atom. The van der Waals surface area contributed by atoms with Gasteiger partial charge in [-0.3, -0.25) is 9.59 Å². The van der Waals surface area contributed by atoms with Gasteiger partial charge in [-0.05, 0) is 43.3 Å². The predicted octanol–water partition coefficient (Wildman–Crippen LogP) is 3.37. The number of benzene rings is 2. The van der Waals surface area contributed by atoms with E-state index >= 15 is 0 Å². The lowest BCUT2D eigenvalue weighted by Crippen LogP contribution is -2.49. The molecule has 2 aromatic carbocycles. The second-order valence-electron chi connectivity index (χ2n) is 7.14. The van der Waals surface area contributed by atoms with Crippen molar-refractivity contribution in [1.29, 1.82) is 0 Å². The van der Waals surface area contributed by atoms with Crippen LogP contribution in [0.25, 0.3) is 0 Å². The second-order valence-corrected chi connectivity index (χ2v) is 7.58. The molecular formula is C22H26ClN3O2. The van der Waals surface area contributed by atoms with Gasteiger partial charge in [0.05, 0.1) is 6.04 Å². The van der Waals surface area contributed by atoms with Crippen molar-refractivity contribution in [2.75, 3.05) is 33.2 Å². The molecule has 0 bridgehead atoms. The van der Waals surface area contributed by atoms with Crippen molar-refractivity contribution in [2.45, 2.75) is 18.9 Å². The van der Waals surface area contributed by atoms with Gasteiger partial charge in [-0.2, -0.15) is 0 Å². The van der Waals surface area contributed by atoms with Gasteiger partial charge in [-0.25, -0.2) is 0 Å². The molecule has 3 rings (SSSR count). The number of nitrogens with one attached hydrogen (secondary N) is 1. The summed E-state index contributed by atoms with van der Waals surface area (Å²) >= 11 is 5.84. The minimum atomic E-state index is -0.147. The molecule has 0 aromatic heterocycles. The number of hydrogen-bond acceptors (Lipinski definition) is 3. The highest BCUT2D eigenvalue weighted by molar-refractivity contribution is 6.30. The molecule has 2 amide bonds. The summed E-state index contributed by atoms with van der Waals surface area (Å²) in [6.45, 7) is 2.91. The quantitative estimate of drug-likeness (QED) is 0.758. The van der Waals surface area contributed by atoms with Crippen LogP contribution in [-0.4, -0.2) is 54.8 Å². The molecule has 0 radical (unpaired) electrons. The van der Waals surface area contributed by atoms with Gasteiger partial charge in [0.1, 0.15) is 0 Å². The van der Waals surface area contributed by atoms with Crippen LogP contribution in [-0.2, 0) is 4.79 Å². The highest BCUT2D eigenvalue weighted by Gasteiger charge is 2.29. The fourth-order valence-electron chi connectivity index (χ4n) is 3.47. The Morgan fingerprint density at radius 2 is 1.79 bits per heavy atom. The number of amides is 2. The Bertz CT molecular complexity index is 795. The van der Waals surface area contributed by atoms with E-state index in [2.05, 4.69) is 29.4 Å². The van der Waals surface area contributed by atoms with Crippen LogP contribution in [0.5, 0.6) is 0 Å². The van der Waals surface area contributed by atoms with E-state index in [4.69, 9.17) is 11.6 Å². The summed E-state index contributed by atoms with van der Waals surface area (Å²) in [5, 5.41) is 3.47. The summed E-state index contributed by atoms with van der Waals surface area (Å²) in [6, 6.07) is 17.0. The number of halogens is 1. The molecule has 1 unspecified atom stereocenters. The van der Waals surface area contributed by atoms with Gasteiger partial charge in [0.25, 0.3) is 5.91 Å². The second kappa shape index (κ2) is 9.71. The molecule has 0 aliphatic carbocycles. The van der Waals surface area contributed by atoms with Crippen LogP contribution in [0.2, 0.25) is 5.02 Å². The largest absolute Gasteiger partial charge is 0.352 e. The van der Waals surface area contributed by atoms with E-state index in [-0.39, 0.29) is 17.9 Å². The van der Waals surface area contributed by atoms with Gasteiger partial charge in [-0.15, -0.1) is 0 Å². The van der Waals surface area contributed by atoms with Crippen molar-refractivity contribution in [1.82, 2.24) is 15.1 Å². The molecule has 148 valence electrons. The number of carbonyl (C=O) groups excluding carboxylic acids is 2. The molecule has 1 saturated heterocycles. The van der Waals surface area contributed by atoms with Gasteiger partial charge >= 0.3 is 0 Å². The van der Waals surface area contributed by atoms with E-state index in [1.165, 1.54) is 5.56 Å². The average Bonchev–Trinajstić information content (AvgIpc) is 2.72. The van der Waals surface area contributed by atoms with Crippen LogP contribution >= 0.6 is 11.6 Å². The van der Waals surface area contributed by atoms with Crippen LogP contribution in [0.15, 0.2) is 54.6 Å². The summed E-state index contributed by atoms with van der Waals surface area (Å²) in [5.74, 6) is -0.00595. The number of rotatable bonds is 6. The maximum atomic E-state index is 12.8. The van der Waals surface area contributed by atoms with E-state index in [0.717, 1.165) is 19.6 Å². The number of carbonyl (C=O) groups is 2. The lowest BCUT2D eigenvalue weighted by Gasteiger charge is -2.40. The zero-order chi connectivity index (χ0) is 19.9. The van der Waals surface area contributed by atoms with E-state index in [1.807, 2.05) is 23.1 Å². The number of likely N-dealkylation sites (N-methyl/N-ethyl adjacent to an activating group) is 1. The normalized spacial score (nSPS) is 17.4. The fourth-order valence-corrected chi connectivity index (χ4v) is 3.59. The molecule has 5 nitrogen and oxygen atoms in total. The molecule has 1 N–H and O–H groups in total. The lowest BCUT2D eigenvalue weighted by atomic mass is 10.0. The molecule has 0 spiro atoms. The van der Waals surface area contributed by atoms with E-state index in [1.54, 1.807) is 24.3 Å². The van der Waals surface area contributed by atoms with Gasteiger partial charge in [-0.1, -0.05) is 41.9 Å². The van der Waals surface area contributed by atoms with Crippen molar-refractivity contribution in [3.05, 3.63) is 70.7 Å². The SMILES string of the molecule is CN1CCN(C(=O)CCCNC(=O)c2ccc(Cl)cc2)C(c2ccccc2)C1. The van der Waals surface area contributed by atoms with Crippen molar-refractivity contribution in [3.8, 4) is 0 Å². The first-order chi connectivity index (χ1) is 13.5. The van der Waals surface area contributed by atoms with Crippen LogP contribution in [0.4, 0.5) is 0 Å². The monoisotopic (exact) mass is 399 g/mol. The minimum Gasteiger partial charge on any atom is -0.352 e. The molecule has 1 heterocycles. The molecule has 28 heavy (non-hydrogen) atoms. The molecule has 1 aliphatic heterocycles. The Kier molecular flexibility index (Phi) is 7.06. The molecule has 1 aliphatic rings. The van der Waals surface area contributed by atoms with Gasteiger partial charge in [0.2, 0.25) is 5.91 Å². The third kappa shape index (κ3) is 5.33. The topological polar surface area (TPSA) is 52.6 Å². The maximum absolute atomic E-state index is 12.8. The minimum absolute atomic E-state index is 0.0797. The van der Waals surface area contributed by atoms with Crippen molar-refractivity contribution in [2.24, 2.45) is 0 Å². The zero-order valence-corrected chi connectivity index (χ0v) is 16.9. The average molecular weight is 400 g/mol. The number of hydrogen-bond donors (Lipinski definition) is 1. The third-order valence-corrected chi connectivity index (χ3v) is 5.30. The smallest absolute Gasteiger partial charge is 0.251 e. The first-order valence-corrected chi connectivity index (χ1v) is 9.99. The molecule has 6 heteroatoms. The number of nitrogens with zero attached hydrogens (tertiary/aromatic N) is 2. The molecule has 0 saturated carbocycles. The van der Waals surface area contributed by atoms with Gasteiger partial charge in [0, 0.05) is 43.2 Å². The standard InChI is InChI=1S/C22H26ClN3O2/c1-25-14-15-26(20(16-25)17-6-3-2-4-7-17)21(27)8-5-13-24-22(28)18-9-11-19(23)12-10-18/h2-4,6-7,9-12,20H,5,8,13-16H2,1H3,(H,24,28). The van der Waals surface area contributed by atoms with E-state index < -0.39 is 0 Å². The Balaban J connectivity index is 1.50. The van der Waals surface area contributed by atoms with Gasteiger partial charge in [0.15, 0.2) is 0 Å². The van der Waals surface area contributed by atoms with Crippen molar-refractivity contribution < 1.29 is 9.59 Å². The first kappa shape index (κ1) is 20.4. The lowest BCUT2D eigenvalue weighted by molar-refractivity contribution is -0.136. The molecule has 1 atom stereocenters. The van der Waals surface area contributed by atoms with Crippen LogP contribution in [0.1, 0.15) is 34.8 Å². The summed E-state index contributed by atoms with van der Waals surface area (Å²) in [5.41, 5.74) is 1.73. The third-order valence-electron chi connectivity index (χ3n) is 5.05. The van der Waals surface area contributed by atoms with Gasteiger partial charge < -0.3 is 15.1 Å². The highest BCUT2D eigenvalue weighted by Crippen LogP contribution is 2.25. The summed E-state index contributed by atoms with van der Waals surface area (Å²) in [6.07, 6.45) is 1.04. The Labute approximate surface area is 171 Å². The first-order valence-electron chi connectivity index (χ1n) is 9.61.